The molecule has 0 radical (unpaired) electrons. The summed E-state index contributed by atoms with van der Waals surface area (Å²) in [4.78, 5) is 4.06. The molecule has 0 aliphatic carbocycles. The van der Waals surface area contributed by atoms with Crippen LogP contribution in [0.1, 0.15) is 0 Å². The molecule has 23 heavy (non-hydrogen) atoms. The van der Waals surface area contributed by atoms with Crippen molar-refractivity contribution in [2.45, 2.75) is 0 Å². The number of rotatable bonds is 2. The van der Waals surface area contributed by atoms with Gasteiger partial charge in [0.15, 0.2) is 5.11 Å². The van der Waals surface area contributed by atoms with Crippen molar-refractivity contribution in [2.24, 2.45) is 0 Å². The first kappa shape index (κ1) is 15.7. The lowest BCUT2D eigenvalue weighted by molar-refractivity contribution is 0.388. The van der Waals surface area contributed by atoms with Crippen LogP contribution in [-0.2, 0) is 0 Å². The van der Waals surface area contributed by atoms with Gasteiger partial charge < -0.3 is 15.1 Å². The Hall–Kier alpha value is -2.21. The van der Waals surface area contributed by atoms with Crippen molar-refractivity contribution in [1.82, 2.24) is 4.90 Å². The fourth-order valence-corrected chi connectivity index (χ4v) is 2.89. The van der Waals surface area contributed by atoms with Gasteiger partial charge in [-0.05, 0) is 48.6 Å². The molecule has 1 aliphatic rings. The molecule has 3 rings (SSSR count). The Kier molecular flexibility index (Phi) is 4.71. The summed E-state index contributed by atoms with van der Waals surface area (Å²) < 4.78 is 26.7. The first-order valence-electron chi connectivity index (χ1n) is 7.44. The predicted octanol–water partition coefficient (Wildman–Crippen LogP) is 3.48. The minimum absolute atomic E-state index is 0.201. The minimum Gasteiger partial charge on any atom is -0.366 e. The van der Waals surface area contributed by atoms with Crippen molar-refractivity contribution in [3.63, 3.8) is 0 Å². The van der Waals surface area contributed by atoms with Gasteiger partial charge in [0.1, 0.15) is 11.6 Å². The molecular formula is C17H17F2N3S. The van der Waals surface area contributed by atoms with E-state index in [2.05, 4.69) is 5.32 Å². The quantitative estimate of drug-likeness (QED) is 0.848. The lowest BCUT2D eigenvalue weighted by atomic mass is 10.2. The summed E-state index contributed by atoms with van der Waals surface area (Å²) in [5, 5.41) is 3.70. The number of hydrogen-bond acceptors (Lipinski definition) is 2. The number of nitrogens with zero attached hydrogens (tertiary/aromatic N) is 2. The lowest BCUT2D eigenvalue weighted by Crippen LogP contribution is -2.50. The summed E-state index contributed by atoms with van der Waals surface area (Å²) in [6.07, 6.45) is 0. The average Bonchev–Trinajstić information content (AvgIpc) is 2.57. The predicted molar refractivity (Wildman–Crippen MR) is 92.8 cm³/mol. The number of hydrogen-bond donors (Lipinski definition) is 1. The number of para-hydroxylation sites is 1. The Morgan fingerprint density at radius 1 is 0.913 bits per heavy atom. The minimum atomic E-state index is -0.278. The molecule has 0 bridgehead atoms. The van der Waals surface area contributed by atoms with Crippen LogP contribution in [0, 0.1) is 11.6 Å². The Morgan fingerprint density at radius 3 is 2.22 bits per heavy atom. The molecule has 120 valence electrons. The number of nitrogens with one attached hydrogen (secondary N) is 1. The normalized spacial score (nSPS) is 14.7. The number of piperazine rings is 1. The molecule has 2 aromatic carbocycles. The van der Waals surface area contributed by atoms with Crippen LogP contribution < -0.4 is 10.2 Å². The molecule has 1 heterocycles. The van der Waals surface area contributed by atoms with Crippen molar-refractivity contribution >= 4 is 28.7 Å². The van der Waals surface area contributed by atoms with E-state index in [0.29, 0.717) is 37.0 Å². The smallest absolute Gasteiger partial charge is 0.173 e. The van der Waals surface area contributed by atoms with Crippen molar-refractivity contribution < 1.29 is 8.78 Å². The highest BCUT2D eigenvalue weighted by Gasteiger charge is 2.20. The summed E-state index contributed by atoms with van der Waals surface area (Å²) >= 11 is 5.40. The zero-order chi connectivity index (χ0) is 16.2. The summed E-state index contributed by atoms with van der Waals surface area (Å²) in [7, 11) is 0. The largest absolute Gasteiger partial charge is 0.366 e. The number of thiocarbonyl (C=S) groups is 1. The molecule has 0 amide bonds. The summed E-state index contributed by atoms with van der Waals surface area (Å²) in [6.45, 7) is 2.82. The zero-order valence-corrected chi connectivity index (χ0v) is 13.3. The van der Waals surface area contributed by atoms with Gasteiger partial charge in [-0.25, -0.2) is 8.78 Å². The summed E-state index contributed by atoms with van der Waals surface area (Å²) in [6, 6.07) is 12.9. The second-order valence-electron chi connectivity index (χ2n) is 5.36. The molecule has 1 aliphatic heterocycles. The van der Waals surface area contributed by atoms with Crippen molar-refractivity contribution in [2.75, 3.05) is 36.4 Å². The van der Waals surface area contributed by atoms with Gasteiger partial charge in [0.25, 0.3) is 0 Å². The van der Waals surface area contributed by atoms with Crippen LogP contribution in [0.5, 0.6) is 0 Å². The van der Waals surface area contributed by atoms with Gasteiger partial charge >= 0.3 is 0 Å². The number of halogens is 2. The fourth-order valence-electron chi connectivity index (χ4n) is 2.59. The highest BCUT2D eigenvalue weighted by Crippen LogP contribution is 2.20. The molecule has 0 saturated carbocycles. The van der Waals surface area contributed by atoms with E-state index in [1.54, 1.807) is 24.3 Å². The van der Waals surface area contributed by atoms with E-state index in [-0.39, 0.29) is 11.6 Å². The van der Waals surface area contributed by atoms with Crippen molar-refractivity contribution in [3.05, 3.63) is 60.2 Å². The molecule has 2 aromatic rings. The Balaban J connectivity index is 1.57. The topological polar surface area (TPSA) is 18.5 Å². The molecule has 0 atom stereocenters. The van der Waals surface area contributed by atoms with E-state index < -0.39 is 0 Å². The average molecular weight is 333 g/mol. The fraction of sp³-hybridized carbons (Fsp3) is 0.235. The molecule has 0 aromatic heterocycles. The maximum atomic E-state index is 13.8. The van der Waals surface area contributed by atoms with Gasteiger partial charge in [-0.15, -0.1) is 0 Å². The van der Waals surface area contributed by atoms with E-state index in [0.717, 1.165) is 5.69 Å². The molecule has 3 nitrogen and oxygen atoms in total. The third-order valence-electron chi connectivity index (χ3n) is 3.86. The van der Waals surface area contributed by atoms with Crippen LogP contribution in [0.4, 0.5) is 20.2 Å². The maximum Gasteiger partial charge on any atom is 0.173 e. The monoisotopic (exact) mass is 333 g/mol. The van der Waals surface area contributed by atoms with Gasteiger partial charge in [0.05, 0.1) is 5.69 Å². The molecule has 1 N–H and O–H groups in total. The van der Waals surface area contributed by atoms with Crippen LogP contribution in [0.2, 0.25) is 0 Å². The summed E-state index contributed by atoms with van der Waals surface area (Å²) in [5.74, 6) is -0.479. The second kappa shape index (κ2) is 6.91. The number of anilines is 2. The lowest BCUT2D eigenvalue weighted by Gasteiger charge is -2.37. The Morgan fingerprint density at radius 2 is 1.57 bits per heavy atom. The van der Waals surface area contributed by atoms with Gasteiger partial charge in [-0.2, -0.15) is 0 Å². The van der Waals surface area contributed by atoms with Crippen LogP contribution in [0.3, 0.4) is 0 Å². The van der Waals surface area contributed by atoms with E-state index in [9.17, 15) is 8.78 Å². The standard InChI is InChI=1S/C17H17F2N3S/c18-13-5-7-14(8-6-13)20-17(23)22-11-9-21(10-12-22)16-4-2-1-3-15(16)19/h1-8H,9-12H2,(H,20,23). The number of benzene rings is 2. The van der Waals surface area contributed by atoms with E-state index >= 15 is 0 Å². The third-order valence-corrected chi connectivity index (χ3v) is 4.22. The van der Waals surface area contributed by atoms with Gasteiger partial charge in [0.2, 0.25) is 0 Å². The molecule has 1 fully saturated rings. The zero-order valence-electron chi connectivity index (χ0n) is 12.5. The first-order valence-corrected chi connectivity index (χ1v) is 7.85. The van der Waals surface area contributed by atoms with Crippen LogP contribution in [0.15, 0.2) is 48.5 Å². The SMILES string of the molecule is Fc1ccc(NC(=S)N2CCN(c3ccccc3F)CC2)cc1. The van der Waals surface area contributed by atoms with Crippen molar-refractivity contribution in [3.8, 4) is 0 Å². The van der Waals surface area contributed by atoms with E-state index in [4.69, 9.17) is 12.2 Å². The Bertz CT molecular complexity index is 682. The molecule has 1 saturated heterocycles. The highest BCUT2D eigenvalue weighted by molar-refractivity contribution is 7.80. The molecule has 0 spiro atoms. The summed E-state index contributed by atoms with van der Waals surface area (Å²) in [5.41, 5.74) is 1.39. The van der Waals surface area contributed by atoms with Crippen LogP contribution in [-0.4, -0.2) is 36.2 Å². The Labute approximate surface area is 139 Å². The third kappa shape index (κ3) is 3.76. The molecule has 6 heteroatoms. The molecular weight excluding hydrogens is 316 g/mol. The first-order chi connectivity index (χ1) is 11.1. The second-order valence-corrected chi connectivity index (χ2v) is 5.75. The van der Waals surface area contributed by atoms with Gasteiger partial charge in [0, 0.05) is 31.9 Å². The van der Waals surface area contributed by atoms with Crippen molar-refractivity contribution in [1.29, 1.82) is 0 Å². The van der Waals surface area contributed by atoms with E-state index in [1.165, 1.54) is 18.2 Å². The van der Waals surface area contributed by atoms with Crippen LogP contribution >= 0.6 is 12.2 Å². The highest BCUT2D eigenvalue weighted by atomic mass is 32.1. The van der Waals surface area contributed by atoms with E-state index in [1.807, 2.05) is 15.9 Å². The molecule has 0 unspecified atom stereocenters. The van der Waals surface area contributed by atoms with Gasteiger partial charge in [-0.1, -0.05) is 12.1 Å². The maximum absolute atomic E-state index is 13.8. The van der Waals surface area contributed by atoms with Gasteiger partial charge in [-0.3, -0.25) is 0 Å². The van der Waals surface area contributed by atoms with Crippen LogP contribution in [0.25, 0.3) is 0 Å².